The van der Waals surface area contributed by atoms with Crippen molar-refractivity contribution in [2.75, 3.05) is 17.6 Å². The number of para-hydroxylation sites is 1. The molecule has 0 heterocycles. The van der Waals surface area contributed by atoms with Crippen LogP contribution in [0.3, 0.4) is 0 Å². The lowest BCUT2D eigenvalue weighted by Crippen LogP contribution is -2.41. The van der Waals surface area contributed by atoms with Crippen LogP contribution in [0.1, 0.15) is 26.2 Å². The van der Waals surface area contributed by atoms with Crippen LogP contribution in [-0.2, 0) is 4.79 Å². The largest absolute Gasteiger partial charge is 0.376 e. The molecule has 2 atom stereocenters. The Morgan fingerprint density at radius 2 is 2.11 bits per heavy atom. The second kappa shape index (κ2) is 7.43. The van der Waals surface area contributed by atoms with Gasteiger partial charge in [-0.05, 0) is 30.7 Å². The summed E-state index contributed by atoms with van der Waals surface area (Å²) in [5.41, 5.74) is 0.989. The van der Waals surface area contributed by atoms with Gasteiger partial charge in [0.25, 0.3) is 0 Å². The van der Waals surface area contributed by atoms with Crippen LogP contribution >= 0.6 is 11.8 Å². The maximum Gasteiger partial charge on any atom is 0.239 e. The number of hydrogen-bond donors (Lipinski definition) is 2. The molecule has 1 amide bonds. The average Bonchev–Trinajstić information content (AvgIpc) is 2.85. The van der Waals surface area contributed by atoms with Crippen LogP contribution in [0, 0.1) is 0 Å². The van der Waals surface area contributed by atoms with Crippen molar-refractivity contribution < 1.29 is 4.79 Å². The third kappa shape index (κ3) is 4.46. The number of benzene rings is 1. The number of carbonyl (C=O) groups is 1. The smallest absolute Gasteiger partial charge is 0.239 e. The topological polar surface area (TPSA) is 41.1 Å². The molecular formula is C15H22N2OS. The van der Waals surface area contributed by atoms with E-state index in [9.17, 15) is 4.79 Å². The molecule has 1 aliphatic carbocycles. The fourth-order valence-electron chi connectivity index (χ4n) is 2.50. The summed E-state index contributed by atoms with van der Waals surface area (Å²) < 4.78 is 0. The Morgan fingerprint density at radius 1 is 1.32 bits per heavy atom. The van der Waals surface area contributed by atoms with Gasteiger partial charge in [0, 0.05) is 17.0 Å². The second-order valence-corrected chi connectivity index (χ2v) is 6.33. The summed E-state index contributed by atoms with van der Waals surface area (Å²) >= 11 is 1.97. The van der Waals surface area contributed by atoms with Gasteiger partial charge in [-0.3, -0.25) is 4.79 Å². The van der Waals surface area contributed by atoms with Gasteiger partial charge in [-0.15, -0.1) is 0 Å². The molecule has 2 rings (SSSR count). The van der Waals surface area contributed by atoms with Crippen molar-refractivity contribution in [2.45, 2.75) is 37.5 Å². The summed E-state index contributed by atoms with van der Waals surface area (Å²) in [6.45, 7) is 2.53. The molecule has 1 saturated carbocycles. The van der Waals surface area contributed by atoms with Crippen LogP contribution < -0.4 is 10.6 Å². The van der Waals surface area contributed by atoms with Crippen molar-refractivity contribution >= 4 is 23.4 Å². The molecule has 3 nitrogen and oxygen atoms in total. The Labute approximate surface area is 119 Å². The summed E-state index contributed by atoms with van der Waals surface area (Å²) in [4.78, 5) is 11.9. The molecule has 2 unspecified atom stereocenters. The number of amides is 1. The molecule has 1 aromatic carbocycles. The second-order valence-electron chi connectivity index (χ2n) is 4.82. The molecule has 1 fully saturated rings. The van der Waals surface area contributed by atoms with Crippen LogP contribution in [0.25, 0.3) is 0 Å². The minimum Gasteiger partial charge on any atom is -0.376 e. The molecule has 104 valence electrons. The summed E-state index contributed by atoms with van der Waals surface area (Å²) in [6, 6.07) is 10.2. The van der Waals surface area contributed by atoms with Crippen molar-refractivity contribution in [3.05, 3.63) is 30.3 Å². The molecule has 2 N–H and O–H groups in total. The van der Waals surface area contributed by atoms with Crippen molar-refractivity contribution in [3.8, 4) is 0 Å². The van der Waals surface area contributed by atoms with E-state index in [1.165, 1.54) is 12.8 Å². The maximum absolute atomic E-state index is 11.9. The minimum atomic E-state index is 0.0949. The van der Waals surface area contributed by atoms with Gasteiger partial charge in [-0.2, -0.15) is 11.8 Å². The lowest BCUT2D eigenvalue weighted by Gasteiger charge is -2.20. The van der Waals surface area contributed by atoms with Crippen molar-refractivity contribution in [1.82, 2.24) is 5.32 Å². The van der Waals surface area contributed by atoms with Crippen LogP contribution in [0.2, 0.25) is 0 Å². The van der Waals surface area contributed by atoms with E-state index in [0.717, 1.165) is 17.9 Å². The fraction of sp³-hybridized carbons (Fsp3) is 0.533. The number of anilines is 1. The summed E-state index contributed by atoms with van der Waals surface area (Å²) in [5, 5.41) is 6.91. The van der Waals surface area contributed by atoms with Crippen molar-refractivity contribution in [2.24, 2.45) is 0 Å². The van der Waals surface area contributed by atoms with Crippen LogP contribution in [0.5, 0.6) is 0 Å². The molecule has 0 spiro atoms. The van der Waals surface area contributed by atoms with Gasteiger partial charge in [0.2, 0.25) is 5.91 Å². The molecule has 0 aliphatic heterocycles. The monoisotopic (exact) mass is 278 g/mol. The molecule has 19 heavy (non-hydrogen) atoms. The zero-order chi connectivity index (χ0) is 13.5. The highest BCUT2D eigenvalue weighted by molar-refractivity contribution is 7.99. The standard InChI is InChI=1S/C15H22N2OS/c1-2-19-14-10-6-9-13(14)17-15(18)11-16-12-7-4-3-5-8-12/h3-5,7-8,13-14,16H,2,6,9-11H2,1H3,(H,17,18). The minimum absolute atomic E-state index is 0.0949. The van der Waals surface area contributed by atoms with Crippen LogP contribution in [0.4, 0.5) is 5.69 Å². The van der Waals surface area contributed by atoms with E-state index < -0.39 is 0 Å². The maximum atomic E-state index is 11.9. The lowest BCUT2D eigenvalue weighted by molar-refractivity contribution is -0.120. The van der Waals surface area contributed by atoms with E-state index >= 15 is 0 Å². The third-order valence-electron chi connectivity index (χ3n) is 3.41. The molecule has 0 radical (unpaired) electrons. The summed E-state index contributed by atoms with van der Waals surface area (Å²) in [7, 11) is 0. The predicted molar refractivity (Wildman–Crippen MR) is 82.6 cm³/mol. The molecule has 1 aliphatic rings. The van der Waals surface area contributed by atoms with Gasteiger partial charge in [0.1, 0.15) is 0 Å². The average molecular weight is 278 g/mol. The quantitative estimate of drug-likeness (QED) is 0.840. The highest BCUT2D eigenvalue weighted by Gasteiger charge is 2.28. The van der Waals surface area contributed by atoms with Gasteiger partial charge in [0.15, 0.2) is 0 Å². The number of carbonyl (C=O) groups excluding carboxylic acids is 1. The van der Waals surface area contributed by atoms with Gasteiger partial charge >= 0.3 is 0 Å². The highest BCUT2D eigenvalue weighted by Crippen LogP contribution is 2.29. The zero-order valence-electron chi connectivity index (χ0n) is 11.4. The Hall–Kier alpha value is -1.16. The molecule has 4 heteroatoms. The van der Waals surface area contributed by atoms with E-state index in [-0.39, 0.29) is 5.91 Å². The Bertz CT molecular complexity index is 396. The number of thioether (sulfide) groups is 1. The predicted octanol–water partition coefficient (Wildman–Crippen LogP) is 2.89. The highest BCUT2D eigenvalue weighted by atomic mass is 32.2. The van der Waals surface area contributed by atoms with Crippen LogP contribution in [0.15, 0.2) is 30.3 Å². The number of nitrogens with one attached hydrogen (secondary N) is 2. The first-order valence-electron chi connectivity index (χ1n) is 6.99. The first-order chi connectivity index (χ1) is 9.29. The summed E-state index contributed by atoms with van der Waals surface area (Å²) in [6.07, 6.45) is 3.58. The molecule has 1 aromatic rings. The van der Waals surface area contributed by atoms with E-state index in [1.54, 1.807) is 0 Å². The van der Waals surface area contributed by atoms with Gasteiger partial charge in [-0.1, -0.05) is 31.5 Å². The zero-order valence-corrected chi connectivity index (χ0v) is 12.2. The normalized spacial score (nSPS) is 22.2. The number of hydrogen-bond acceptors (Lipinski definition) is 3. The van der Waals surface area contributed by atoms with Gasteiger partial charge in [-0.25, -0.2) is 0 Å². The van der Waals surface area contributed by atoms with E-state index in [4.69, 9.17) is 0 Å². The Morgan fingerprint density at radius 3 is 2.84 bits per heavy atom. The molecule has 0 bridgehead atoms. The number of rotatable bonds is 6. The first-order valence-corrected chi connectivity index (χ1v) is 8.04. The van der Waals surface area contributed by atoms with Gasteiger partial charge in [0.05, 0.1) is 6.54 Å². The fourth-order valence-corrected chi connectivity index (χ4v) is 3.70. The van der Waals surface area contributed by atoms with E-state index in [2.05, 4.69) is 17.6 Å². The molecule has 0 aromatic heterocycles. The van der Waals surface area contributed by atoms with Crippen molar-refractivity contribution in [1.29, 1.82) is 0 Å². The Balaban J connectivity index is 1.75. The first kappa shape index (κ1) is 14.3. The SMILES string of the molecule is CCSC1CCCC1NC(=O)CNc1ccccc1. The Kier molecular flexibility index (Phi) is 5.58. The molecular weight excluding hydrogens is 256 g/mol. The lowest BCUT2D eigenvalue weighted by atomic mass is 10.2. The van der Waals surface area contributed by atoms with Crippen LogP contribution in [-0.4, -0.2) is 29.5 Å². The van der Waals surface area contributed by atoms with E-state index in [0.29, 0.717) is 17.8 Å². The van der Waals surface area contributed by atoms with Gasteiger partial charge < -0.3 is 10.6 Å². The summed E-state index contributed by atoms with van der Waals surface area (Å²) in [5.74, 6) is 1.22. The third-order valence-corrected chi connectivity index (χ3v) is 4.73. The van der Waals surface area contributed by atoms with Crippen molar-refractivity contribution in [3.63, 3.8) is 0 Å². The van der Waals surface area contributed by atoms with E-state index in [1.807, 2.05) is 42.1 Å². The molecule has 0 saturated heterocycles.